The van der Waals surface area contributed by atoms with E-state index in [1.807, 2.05) is 24.3 Å². The van der Waals surface area contributed by atoms with E-state index < -0.39 is 11.0 Å². The zero-order valence-corrected chi connectivity index (χ0v) is 13.8. The Labute approximate surface area is 144 Å². The molecule has 0 saturated heterocycles. The van der Waals surface area contributed by atoms with Crippen LogP contribution in [-0.2, 0) is 0 Å². The fraction of sp³-hybridized carbons (Fsp3) is 0.235. The molecule has 0 bridgehead atoms. The number of nitrogens with one attached hydrogen (secondary N) is 1. The maximum Gasteiger partial charge on any atom is 0.253 e. The third kappa shape index (κ3) is 4.60. The van der Waals surface area contributed by atoms with Crippen LogP contribution in [0.25, 0.3) is 10.9 Å². The molecule has 8 heteroatoms. The van der Waals surface area contributed by atoms with Gasteiger partial charge in [0.05, 0.1) is 23.3 Å². The number of benzene rings is 1. The molecule has 1 heterocycles. The van der Waals surface area contributed by atoms with Crippen LogP contribution in [-0.4, -0.2) is 39.3 Å². The van der Waals surface area contributed by atoms with E-state index in [1.165, 1.54) is 19.2 Å². The van der Waals surface area contributed by atoms with Gasteiger partial charge in [0, 0.05) is 29.0 Å². The summed E-state index contributed by atoms with van der Waals surface area (Å²) in [6.07, 6.45) is 2.84. The van der Waals surface area contributed by atoms with Crippen molar-refractivity contribution in [2.75, 3.05) is 6.54 Å². The molecular formula is C17H18N4O4. The fourth-order valence-electron chi connectivity index (χ4n) is 2.13. The summed E-state index contributed by atoms with van der Waals surface area (Å²) in [7, 11) is 0. The number of hydrogen-bond donors (Lipinski definition) is 2. The van der Waals surface area contributed by atoms with Gasteiger partial charge in [-0.05, 0) is 25.1 Å². The van der Waals surface area contributed by atoms with E-state index in [-0.39, 0.29) is 18.2 Å². The third-order valence-corrected chi connectivity index (χ3v) is 3.78. The van der Waals surface area contributed by atoms with Crippen molar-refractivity contribution in [1.29, 1.82) is 0 Å². The maximum absolute atomic E-state index is 12.2. The minimum absolute atomic E-state index is 0.0655. The van der Waals surface area contributed by atoms with Gasteiger partial charge in [0.1, 0.15) is 0 Å². The second-order valence-corrected chi connectivity index (χ2v) is 5.54. The van der Waals surface area contributed by atoms with Crippen LogP contribution in [0.2, 0.25) is 0 Å². The average Bonchev–Trinajstić information content (AvgIpc) is 2.63. The van der Waals surface area contributed by atoms with Crippen molar-refractivity contribution in [1.82, 2.24) is 10.3 Å². The number of carbonyl (C=O) groups is 1. The van der Waals surface area contributed by atoms with Crippen LogP contribution in [0.3, 0.4) is 0 Å². The molecule has 0 fully saturated rings. The topological polar surface area (TPSA) is 118 Å². The lowest BCUT2D eigenvalue weighted by atomic mass is 10.1. The van der Waals surface area contributed by atoms with E-state index in [0.717, 1.165) is 10.9 Å². The highest BCUT2D eigenvalue weighted by Crippen LogP contribution is 2.12. The number of oxime groups is 1. The Balaban J connectivity index is 2.06. The van der Waals surface area contributed by atoms with Crippen molar-refractivity contribution in [3.8, 4) is 0 Å². The van der Waals surface area contributed by atoms with Crippen molar-refractivity contribution >= 4 is 22.5 Å². The molecule has 1 atom stereocenters. The standard InChI is InChI=1S/C17H18N4O4/c1-11(12(2)21(24)25)7-15(20-23)10-19-17(22)14-8-13-5-3-4-6-16(13)18-9-14/h3-9,12,23H,10H2,1-2H3,(H,19,22). The van der Waals surface area contributed by atoms with Gasteiger partial charge in [-0.1, -0.05) is 23.4 Å². The predicted octanol–water partition coefficient (Wildman–Crippen LogP) is 2.41. The number of pyridine rings is 1. The summed E-state index contributed by atoms with van der Waals surface area (Å²) < 4.78 is 0. The van der Waals surface area contributed by atoms with E-state index in [0.29, 0.717) is 11.1 Å². The molecule has 0 aliphatic rings. The van der Waals surface area contributed by atoms with Crippen LogP contribution in [0, 0.1) is 10.1 Å². The van der Waals surface area contributed by atoms with Gasteiger partial charge in [-0.3, -0.25) is 19.9 Å². The molecule has 2 aromatic rings. The summed E-state index contributed by atoms with van der Waals surface area (Å²) in [5, 5.41) is 26.3. The number of para-hydroxylation sites is 1. The van der Waals surface area contributed by atoms with Crippen molar-refractivity contribution in [3.63, 3.8) is 0 Å². The van der Waals surface area contributed by atoms with Gasteiger partial charge in [0.25, 0.3) is 5.91 Å². The number of hydrogen-bond acceptors (Lipinski definition) is 6. The molecule has 8 nitrogen and oxygen atoms in total. The Morgan fingerprint density at radius 2 is 2.20 bits per heavy atom. The van der Waals surface area contributed by atoms with E-state index in [9.17, 15) is 14.9 Å². The number of nitrogens with zero attached hydrogens (tertiary/aromatic N) is 3. The Kier molecular flexibility index (Phi) is 5.78. The quantitative estimate of drug-likeness (QED) is 0.362. The van der Waals surface area contributed by atoms with Crippen LogP contribution in [0.5, 0.6) is 0 Å². The first-order valence-corrected chi connectivity index (χ1v) is 7.58. The summed E-state index contributed by atoms with van der Waals surface area (Å²) >= 11 is 0. The van der Waals surface area contributed by atoms with Crippen molar-refractivity contribution in [2.45, 2.75) is 19.9 Å². The molecule has 1 amide bonds. The molecule has 130 valence electrons. The zero-order chi connectivity index (χ0) is 18.4. The fourth-order valence-corrected chi connectivity index (χ4v) is 2.13. The molecule has 0 radical (unpaired) electrons. The van der Waals surface area contributed by atoms with Gasteiger partial charge in [-0.25, -0.2) is 0 Å². The van der Waals surface area contributed by atoms with Crippen LogP contribution in [0.15, 0.2) is 53.3 Å². The highest BCUT2D eigenvalue weighted by atomic mass is 16.6. The monoisotopic (exact) mass is 342 g/mol. The first kappa shape index (κ1) is 18.1. The summed E-state index contributed by atoms with van der Waals surface area (Å²) in [6.45, 7) is 2.93. The van der Waals surface area contributed by atoms with Gasteiger partial charge in [0.2, 0.25) is 6.04 Å². The van der Waals surface area contributed by atoms with Crippen molar-refractivity contribution in [3.05, 3.63) is 63.9 Å². The SMILES string of the molecule is CC(=CC(CNC(=O)c1cnc2ccccc2c1)=NO)C(C)[N+](=O)[O-]. The van der Waals surface area contributed by atoms with Crippen LogP contribution in [0.1, 0.15) is 24.2 Å². The Hall–Kier alpha value is -3.29. The summed E-state index contributed by atoms with van der Waals surface area (Å²) in [4.78, 5) is 26.7. The van der Waals surface area contributed by atoms with Gasteiger partial charge >= 0.3 is 0 Å². The number of fused-ring (bicyclic) bond motifs is 1. The second-order valence-electron chi connectivity index (χ2n) is 5.54. The van der Waals surface area contributed by atoms with E-state index in [1.54, 1.807) is 13.0 Å². The Morgan fingerprint density at radius 1 is 1.48 bits per heavy atom. The molecule has 0 spiro atoms. The predicted molar refractivity (Wildman–Crippen MR) is 93.5 cm³/mol. The van der Waals surface area contributed by atoms with E-state index in [4.69, 9.17) is 5.21 Å². The highest BCUT2D eigenvalue weighted by molar-refractivity contribution is 6.02. The van der Waals surface area contributed by atoms with Gasteiger partial charge < -0.3 is 10.5 Å². The smallest absolute Gasteiger partial charge is 0.253 e. The minimum Gasteiger partial charge on any atom is -0.411 e. The number of carbonyl (C=O) groups excluding carboxylic acids is 1. The van der Waals surface area contributed by atoms with Crippen molar-refractivity contribution in [2.24, 2.45) is 5.16 Å². The van der Waals surface area contributed by atoms with Crippen LogP contribution >= 0.6 is 0 Å². The number of aromatic nitrogens is 1. The molecule has 25 heavy (non-hydrogen) atoms. The molecule has 1 aromatic carbocycles. The largest absolute Gasteiger partial charge is 0.411 e. The Morgan fingerprint density at radius 3 is 2.88 bits per heavy atom. The normalized spacial score (nSPS) is 13.5. The lowest BCUT2D eigenvalue weighted by Gasteiger charge is -2.07. The molecule has 2 N–H and O–H groups in total. The lowest BCUT2D eigenvalue weighted by molar-refractivity contribution is -0.507. The summed E-state index contributed by atoms with van der Waals surface area (Å²) in [5.41, 5.74) is 1.69. The molecule has 2 rings (SSSR count). The Bertz CT molecular complexity index is 861. The van der Waals surface area contributed by atoms with Gasteiger partial charge in [0.15, 0.2) is 0 Å². The van der Waals surface area contributed by atoms with Gasteiger partial charge in [-0.15, -0.1) is 0 Å². The first-order valence-electron chi connectivity index (χ1n) is 7.58. The zero-order valence-electron chi connectivity index (χ0n) is 13.8. The van der Waals surface area contributed by atoms with E-state index >= 15 is 0 Å². The average molecular weight is 342 g/mol. The molecule has 0 aliphatic carbocycles. The minimum atomic E-state index is -0.905. The molecular weight excluding hydrogens is 324 g/mol. The molecule has 0 saturated carbocycles. The number of amides is 1. The number of rotatable bonds is 6. The van der Waals surface area contributed by atoms with Crippen LogP contribution < -0.4 is 5.32 Å². The third-order valence-electron chi connectivity index (χ3n) is 3.78. The highest BCUT2D eigenvalue weighted by Gasteiger charge is 2.16. The van der Waals surface area contributed by atoms with Crippen molar-refractivity contribution < 1.29 is 14.9 Å². The van der Waals surface area contributed by atoms with Crippen LogP contribution in [0.4, 0.5) is 0 Å². The summed E-state index contributed by atoms with van der Waals surface area (Å²) in [6, 6.07) is 8.22. The first-order chi connectivity index (χ1) is 11.9. The van der Waals surface area contributed by atoms with E-state index in [2.05, 4.69) is 15.5 Å². The van der Waals surface area contributed by atoms with Gasteiger partial charge in [-0.2, -0.15) is 0 Å². The lowest BCUT2D eigenvalue weighted by Crippen LogP contribution is -2.29. The molecule has 0 aliphatic heterocycles. The maximum atomic E-state index is 12.2. The summed E-state index contributed by atoms with van der Waals surface area (Å²) in [5.74, 6) is -0.382. The molecule has 1 unspecified atom stereocenters. The second kappa shape index (κ2) is 8.00. The molecule has 1 aromatic heterocycles. The number of nitro groups is 1.